The number of allylic oxidation sites excluding steroid dienone is 1. The number of halogens is 1. The first-order valence-electron chi connectivity index (χ1n) is 7.86. The number of hydrogen-bond donors (Lipinski definition) is 1. The van der Waals surface area contributed by atoms with E-state index in [2.05, 4.69) is 21.2 Å². The van der Waals surface area contributed by atoms with E-state index in [1.807, 2.05) is 54.6 Å². The van der Waals surface area contributed by atoms with Gasteiger partial charge in [-0.05, 0) is 30.2 Å². The second kappa shape index (κ2) is 7.49. The van der Waals surface area contributed by atoms with Gasteiger partial charge < -0.3 is 10.1 Å². The Bertz CT molecular complexity index is 868. The van der Waals surface area contributed by atoms with Crippen molar-refractivity contribution in [3.05, 3.63) is 82.0 Å². The molecular formula is C20H16BrNO3. The van der Waals surface area contributed by atoms with Gasteiger partial charge in [-0.25, -0.2) is 4.79 Å². The van der Waals surface area contributed by atoms with Crippen molar-refractivity contribution in [1.29, 1.82) is 0 Å². The predicted molar refractivity (Wildman–Crippen MR) is 100 cm³/mol. The van der Waals surface area contributed by atoms with Crippen LogP contribution in [0.3, 0.4) is 0 Å². The summed E-state index contributed by atoms with van der Waals surface area (Å²) in [7, 11) is 0. The summed E-state index contributed by atoms with van der Waals surface area (Å²) in [5, 5.41) is 3.09. The van der Waals surface area contributed by atoms with E-state index in [1.165, 1.54) is 6.08 Å². The van der Waals surface area contributed by atoms with Gasteiger partial charge in [0.15, 0.2) is 0 Å². The van der Waals surface area contributed by atoms with Crippen LogP contribution in [-0.2, 0) is 14.3 Å². The van der Waals surface area contributed by atoms with Crippen molar-refractivity contribution in [3.63, 3.8) is 0 Å². The topological polar surface area (TPSA) is 55.4 Å². The molecule has 1 heterocycles. The largest absolute Gasteiger partial charge is 0.463 e. The molecule has 0 aliphatic carbocycles. The summed E-state index contributed by atoms with van der Waals surface area (Å²) in [4.78, 5) is 24.7. The fourth-order valence-corrected chi connectivity index (χ4v) is 2.88. The molecule has 3 rings (SSSR count). The van der Waals surface area contributed by atoms with Crippen LogP contribution in [0.2, 0.25) is 0 Å². The highest BCUT2D eigenvalue weighted by Gasteiger charge is 2.30. The van der Waals surface area contributed by atoms with Crippen LogP contribution in [0.5, 0.6) is 0 Å². The van der Waals surface area contributed by atoms with Crippen molar-refractivity contribution >= 4 is 39.0 Å². The standard InChI is InChI=1S/C20H16BrNO3/c1-2-25-17(23)12-16-20(24)18(13-6-4-3-5-7-13)19(22-16)14-8-10-15(21)11-9-14/h3-12,22H,2H2,1H3. The molecule has 1 N–H and O–H groups in total. The zero-order chi connectivity index (χ0) is 17.8. The minimum absolute atomic E-state index is 0.218. The Morgan fingerprint density at radius 1 is 1.08 bits per heavy atom. The van der Waals surface area contributed by atoms with Gasteiger partial charge in [0.1, 0.15) is 0 Å². The number of ketones is 1. The first-order chi connectivity index (χ1) is 12.1. The maximum Gasteiger partial charge on any atom is 0.332 e. The summed E-state index contributed by atoms with van der Waals surface area (Å²) in [6.45, 7) is 1.98. The van der Waals surface area contributed by atoms with Gasteiger partial charge in [-0.15, -0.1) is 0 Å². The number of Topliss-reactive ketones (excluding diaryl/α,β-unsaturated/α-hetero) is 1. The molecule has 126 valence electrons. The lowest BCUT2D eigenvalue weighted by atomic mass is 9.98. The number of ether oxygens (including phenoxy) is 1. The van der Waals surface area contributed by atoms with E-state index < -0.39 is 5.97 Å². The number of hydrogen-bond acceptors (Lipinski definition) is 4. The SMILES string of the molecule is CCOC(=O)C=C1NC(c2ccc(Br)cc2)=C(c2ccccc2)C1=O. The first-order valence-corrected chi connectivity index (χ1v) is 8.65. The third-order valence-electron chi connectivity index (χ3n) is 3.73. The molecular weight excluding hydrogens is 382 g/mol. The number of carbonyl (C=O) groups excluding carboxylic acids is 2. The van der Waals surface area contributed by atoms with Gasteiger partial charge in [0.2, 0.25) is 5.78 Å². The molecule has 4 nitrogen and oxygen atoms in total. The van der Waals surface area contributed by atoms with Gasteiger partial charge in [-0.3, -0.25) is 4.79 Å². The van der Waals surface area contributed by atoms with Crippen LogP contribution in [0.25, 0.3) is 11.3 Å². The molecule has 2 aromatic carbocycles. The summed E-state index contributed by atoms with van der Waals surface area (Å²) in [6, 6.07) is 17.0. The molecule has 1 aliphatic heterocycles. The zero-order valence-electron chi connectivity index (χ0n) is 13.6. The molecule has 0 aromatic heterocycles. The van der Waals surface area contributed by atoms with E-state index in [1.54, 1.807) is 6.92 Å². The molecule has 0 amide bonds. The molecule has 0 bridgehead atoms. The smallest absolute Gasteiger partial charge is 0.332 e. The molecule has 0 atom stereocenters. The molecule has 0 spiro atoms. The highest BCUT2D eigenvalue weighted by Crippen LogP contribution is 2.33. The Hall–Kier alpha value is -2.66. The minimum Gasteiger partial charge on any atom is -0.463 e. The number of rotatable bonds is 4. The molecule has 0 saturated heterocycles. The van der Waals surface area contributed by atoms with Crippen molar-refractivity contribution in [3.8, 4) is 0 Å². The monoisotopic (exact) mass is 397 g/mol. The average molecular weight is 398 g/mol. The number of carbonyl (C=O) groups is 2. The Balaban J connectivity index is 2.08. The van der Waals surface area contributed by atoms with Crippen LogP contribution in [0.1, 0.15) is 18.1 Å². The van der Waals surface area contributed by atoms with Crippen LogP contribution in [0, 0.1) is 0 Å². The Morgan fingerprint density at radius 3 is 2.40 bits per heavy atom. The van der Waals surface area contributed by atoms with Crippen LogP contribution < -0.4 is 5.32 Å². The zero-order valence-corrected chi connectivity index (χ0v) is 15.2. The van der Waals surface area contributed by atoms with E-state index in [-0.39, 0.29) is 18.1 Å². The van der Waals surface area contributed by atoms with Crippen molar-refractivity contribution in [1.82, 2.24) is 5.32 Å². The third kappa shape index (κ3) is 3.72. The predicted octanol–water partition coefficient (Wildman–Crippen LogP) is 3.94. The summed E-state index contributed by atoms with van der Waals surface area (Å²) in [6.07, 6.45) is 1.21. The van der Waals surface area contributed by atoms with Gasteiger partial charge in [-0.1, -0.05) is 58.4 Å². The summed E-state index contributed by atoms with van der Waals surface area (Å²) < 4.78 is 5.87. The average Bonchev–Trinajstić information content (AvgIpc) is 2.93. The van der Waals surface area contributed by atoms with Crippen molar-refractivity contribution < 1.29 is 14.3 Å². The van der Waals surface area contributed by atoms with Crippen LogP contribution in [-0.4, -0.2) is 18.4 Å². The van der Waals surface area contributed by atoms with E-state index in [0.717, 1.165) is 15.6 Å². The van der Waals surface area contributed by atoms with E-state index in [0.29, 0.717) is 11.3 Å². The number of esters is 1. The van der Waals surface area contributed by atoms with Crippen molar-refractivity contribution in [2.45, 2.75) is 6.92 Å². The first kappa shape index (κ1) is 17.2. The maximum absolute atomic E-state index is 12.9. The van der Waals surface area contributed by atoms with Gasteiger partial charge in [0.25, 0.3) is 0 Å². The molecule has 0 fully saturated rings. The summed E-state index contributed by atoms with van der Waals surface area (Å²) in [5.74, 6) is -0.764. The Labute approximate surface area is 154 Å². The van der Waals surface area contributed by atoms with Crippen LogP contribution >= 0.6 is 15.9 Å². The van der Waals surface area contributed by atoms with Gasteiger partial charge in [0.05, 0.1) is 29.7 Å². The van der Waals surface area contributed by atoms with Crippen LogP contribution in [0.4, 0.5) is 0 Å². The van der Waals surface area contributed by atoms with Crippen molar-refractivity contribution in [2.24, 2.45) is 0 Å². The van der Waals surface area contributed by atoms with E-state index in [4.69, 9.17) is 4.74 Å². The highest BCUT2D eigenvalue weighted by atomic mass is 79.9. The molecule has 25 heavy (non-hydrogen) atoms. The van der Waals surface area contributed by atoms with Crippen molar-refractivity contribution in [2.75, 3.05) is 6.61 Å². The molecule has 2 aromatic rings. The van der Waals surface area contributed by atoms with Gasteiger partial charge >= 0.3 is 5.97 Å². The highest BCUT2D eigenvalue weighted by molar-refractivity contribution is 9.10. The fraction of sp³-hybridized carbons (Fsp3) is 0.100. The molecule has 5 heteroatoms. The molecule has 0 radical (unpaired) electrons. The van der Waals surface area contributed by atoms with E-state index >= 15 is 0 Å². The molecule has 1 aliphatic rings. The number of benzene rings is 2. The normalized spacial score (nSPS) is 15.4. The molecule has 0 saturated carbocycles. The second-order valence-electron chi connectivity index (χ2n) is 5.39. The third-order valence-corrected chi connectivity index (χ3v) is 4.25. The second-order valence-corrected chi connectivity index (χ2v) is 6.30. The molecule has 0 unspecified atom stereocenters. The minimum atomic E-state index is -0.539. The Morgan fingerprint density at radius 2 is 1.76 bits per heavy atom. The lowest BCUT2D eigenvalue weighted by molar-refractivity contribution is -0.137. The lowest BCUT2D eigenvalue weighted by Gasteiger charge is -2.07. The summed E-state index contributed by atoms with van der Waals surface area (Å²) >= 11 is 3.41. The quantitative estimate of drug-likeness (QED) is 0.626. The lowest BCUT2D eigenvalue weighted by Crippen LogP contribution is -2.13. The Kier molecular flexibility index (Phi) is 5.14. The number of nitrogens with one attached hydrogen (secondary N) is 1. The van der Waals surface area contributed by atoms with E-state index in [9.17, 15) is 9.59 Å². The fourth-order valence-electron chi connectivity index (χ4n) is 2.62. The van der Waals surface area contributed by atoms with Gasteiger partial charge in [-0.2, -0.15) is 0 Å². The van der Waals surface area contributed by atoms with Gasteiger partial charge in [0, 0.05) is 4.47 Å². The summed E-state index contributed by atoms with van der Waals surface area (Å²) in [5.41, 5.74) is 3.10. The maximum atomic E-state index is 12.9. The van der Waals surface area contributed by atoms with Crippen LogP contribution in [0.15, 0.2) is 70.8 Å².